The van der Waals surface area contributed by atoms with Crippen LogP contribution in [0.1, 0.15) is 38.2 Å². The maximum absolute atomic E-state index is 4.33. The summed E-state index contributed by atoms with van der Waals surface area (Å²) in [5, 5.41) is 6.84. The molecule has 5 nitrogen and oxygen atoms in total. The van der Waals surface area contributed by atoms with Crippen LogP contribution in [0.15, 0.2) is 29.3 Å². The number of piperidine rings is 1. The van der Waals surface area contributed by atoms with Crippen LogP contribution in [-0.4, -0.2) is 57.7 Å². The van der Waals surface area contributed by atoms with E-state index in [0.717, 1.165) is 31.5 Å². The van der Waals surface area contributed by atoms with Crippen molar-refractivity contribution in [1.29, 1.82) is 0 Å². The standard InChI is InChI=1S/C20H35N5/c1-17-9-5-6-13-25(17)14-8-12-22-20(21-2)23-16-18-10-7-11-19(15-18)24(3)4/h7,10-11,15,17H,5-6,8-9,12-14,16H2,1-4H3,(H2,21,22,23). The van der Waals surface area contributed by atoms with Crippen LogP contribution in [0.2, 0.25) is 0 Å². The van der Waals surface area contributed by atoms with Gasteiger partial charge in [0.1, 0.15) is 0 Å². The molecule has 0 spiro atoms. The third-order valence-corrected chi connectivity index (χ3v) is 4.97. The number of nitrogens with zero attached hydrogens (tertiary/aromatic N) is 3. The van der Waals surface area contributed by atoms with Crippen molar-refractivity contribution in [3.63, 3.8) is 0 Å². The van der Waals surface area contributed by atoms with Crippen LogP contribution in [0.3, 0.4) is 0 Å². The highest BCUT2D eigenvalue weighted by molar-refractivity contribution is 5.79. The number of likely N-dealkylation sites (tertiary alicyclic amines) is 1. The van der Waals surface area contributed by atoms with Gasteiger partial charge in [0, 0.05) is 52.5 Å². The van der Waals surface area contributed by atoms with Gasteiger partial charge in [0.2, 0.25) is 0 Å². The largest absolute Gasteiger partial charge is 0.378 e. The normalized spacial score (nSPS) is 18.9. The molecule has 2 rings (SSSR count). The van der Waals surface area contributed by atoms with Gasteiger partial charge in [0.25, 0.3) is 0 Å². The van der Waals surface area contributed by atoms with Crippen LogP contribution < -0.4 is 15.5 Å². The molecule has 2 N–H and O–H groups in total. The number of benzene rings is 1. The maximum atomic E-state index is 4.33. The Balaban J connectivity index is 1.69. The second-order valence-corrected chi connectivity index (χ2v) is 7.15. The smallest absolute Gasteiger partial charge is 0.191 e. The Morgan fingerprint density at radius 2 is 2.12 bits per heavy atom. The number of hydrogen-bond donors (Lipinski definition) is 2. The van der Waals surface area contributed by atoms with Gasteiger partial charge in [-0.25, -0.2) is 0 Å². The fraction of sp³-hybridized carbons (Fsp3) is 0.650. The zero-order valence-electron chi connectivity index (χ0n) is 16.4. The molecule has 0 aromatic heterocycles. The Hall–Kier alpha value is -1.75. The van der Waals surface area contributed by atoms with Gasteiger partial charge < -0.3 is 20.4 Å². The first kappa shape index (κ1) is 19.6. The first-order valence-electron chi connectivity index (χ1n) is 9.55. The van der Waals surface area contributed by atoms with Crippen molar-refractivity contribution in [2.24, 2.45) is 4.99 Å². The van der Waals surface area contributed by atoms with Crippen molar-refractivity contribution in [2.45, 2.75) is 45.2 Å². The topological polar surface area (TPSA) is 42.9 Å². The van der Waals surface area contributed by atoms with E-state index in [1.807, 2.05) is 7.05 Å². The summed E-state index contributed by atoms with van der Waals surface area (Å²) in [5.41, 5.74) is 2.48. The zero-order chi connectivity index (χ0) is 18.1. The molecule has 0 radical (unpaired) electrons. The fourth-order valence-corrected chi connectivity index (χ4v) is 3.33. The molecule has 1 saturated heterocycles. The molecule has 1 aromatic carbocycles. The molecule has 0 aliphatic carbocycles. The van der Waals surface area contributed by atoms with Crippen LogP contribution in [0.4, 0.5) is 5.69 Å². The van der Waals surface area contributed by atoms with E-state index in [-0.39, 0.29) is 0 Å². The molecule has 1 fully saturated rings. The average molecular weight is 346 g/mol. The molecular weight excluding hydrogens is 310 g/mol. The molecule has 140 valence electrons. The lowest BCUT2D eigenvalue weighted by molar-refractivity contribution is 0.159. The van der Waals surface area contributed by atoms with Crippen molar-refractivity contribution in [1.82, 2.24) is 15.5 Å². The van der Waals surface area contributed by atoms with Crippen LogP contribution in [-0.2, 0) is 6.54 Å². The summed E-state index contributed by atoms with van der Waals surface area (Å²) in [4.78, 5) is 9.07. The average Bonchev–Trinajstić information content (AvgIpc) is 2.62. The highest BCUT2D eigenvalue weighted by Crippen LogP contribution is 2.16. The van der Waals surface area contributed by atoms with Crippen molar-refractivity contribution >= 4 is 11.6 Å². The van der Waals surface area contributed by atoms with Crippen LogP contribution in [0.5, 0.6) is 0 Å². The zero-order valence-corrected chi connectivity index (χ0v) is 16.4. The first-order chi connectivity index (χ1) is 12.1. The van der Waals surface area contributed by atoms with E-state index in [1.165, 1.54) is 43.6 Å². The van der Waals surface area contributed by atoms with Gasteiger partial charge in [-0.1, -0.05) is 18.6 Å². The van der Waals surface area contributed by atoms with Crippen molar-refractivity contribution in [3.05, 3.63) is 29.8 Å². The molecule has 5 heteroatoms. The molecule has 0 saturated carbocycles. The van der Waals surface area contributed by atoms with Gasteiger partial charge in [-0.15, -0.1) is 0 Å². The Morgan fingerprint density at radius 3 is 2.84 bits per heavy atom. The Labute approximate surface area is 153 Å². The summed E-state index contributed by atoms with van der Waals surface area (Å²) < 4.78 is 0. The first-order valence-corrected chi connectivity index (χ1v) is 9.55. The van der Waals surface area contributed by atoms with E-state index >= 15 is 0 Å². The third kappa shape index (κ3) is 6.58. The van der Waals surface area contributed by atoms with Crippen molar-refractivity contribution in [2.75, 3.05) is 45.7 Å². The lowest BCUT2D eigenvalue weighted by Crippen LogP contribution is -2.41. The van der Waals surface area contributed by atoms with Crippen molar-refractivity contribution < 1.29 is 0 Å². The van der Waals surface area contributed by atoms with Gasteiger partial charge >= 0.3 is 0 Å². The SMILES string of the molecule is CN=C(NCCCN1CCCCC1C)NCc1cccc(N(C)C)c1. The van der Waals surface area contributed by atoms with E-state index in [0.29, 0.717) is 0 Å². The molecule has 1 aromatic rings. The molecule has 1 aliphatic heterocycles. The van der Waals surface area contributed by atoms with Crippen LogP contribution in [0.25, 0.3) is 0 Å². The second kappa shape index (κ2) is 10.3. The van der Waals surface area contributed by atoms with Gasteiger partial charge in [-0.05, 0) is 50.4 Å². The van der Waals surface area contributed by atoms with Crippen molar-refractivity contribution in [3.8, 4) is 0 Å². The molecule has 1 aliphatic rings. The lowest BCUT2D eigenvalue weighted by Gasteiger charge is -2.33. The number of nitrogens with one attached hydrogen (secondary N) is 2. The van der Waals surface area contributed by atoms with Crippen LogP contribution in [0, 0.1) is 0 Å². The number of aliphatic imine (C=N–C) groups is 1. The van der Waals surface area contributed by atoms with E-state index in [1.54, 1.807) is 0 Å². The van der Waals surface area contributed by atoms with Gasteiger partial charge in [0.15, 0.2) is 5.96 Å². The minimum atomic E-state index is 0.746. The monoisotopic (exact) mass is 345 g/mol. The molecule has 25 heavy (non-hydrogen) atoms. The summed E-state index contributed by atoms with van der Waals surface area (Å²) in [6, 6.07) is 9.32. The van der Waals surface area contributed by atoms with E-state index in [2.05, 4.69) is 70.7 Å². The predicted octanol–water partition coefficient (Wildman–Crippen LogP) is 2.68. The number of anilines is 1. The third-order valence-electron chi connectivity index (χ3n) is 4.97. The molecule has 1 unspecified atom stereocenters. The molecule has 0 bridgehead atoms. The fourth-order valence-electron chi connectivity index (χ4n) is 3.33. The Kier molecular flexibility index (Phi) is 8.06. The summed E-state index contributed by atoms with van der Waals surface area (Å²) >= 11 is 0. The summed E-state index contributed by atoms with van der Waals surface area (Å²) in [5.74, 6) is 0.877. The lowest BCUT2D eigenvalue weighted by atomic mass is 10.0. The van der Waals surface area contributed by atoms with Crippen LogP contribution >= 0.6 is 0 Å². The number of hydrogen-bond acceptors (Lipinski definition) is 3. The molecule has 1 atom stereocenters. The highest BCUT2D eigenvalue weighted by atomic mass is 15.2. The number of rotatable bonds is 7. The summed E-state index contributed by atoms with van der Waals surface area (Å²) in [7, 11) is 5.96. The van der Waals surface area contributed by atoms with Gasteiger partial charge in [-0.3, -0.25) is 4.99 Å². The Bertz CT molecular complexity index is 541. The van der Waals surface area contributed by atoms with Gasteiger partial charge in [0.05, 0.1) is 0 Å². The molecule has 1 heterocycles. The Morgan fingerprint density at radius 1 is 1.28 bits per heavy atom. The van der Waals surface area contributed by atoms with E-state index < -0.39 is 0 Å². The number of guanidine groups is 1. The van der Waals surface area contributed by atoms with E-state index in [4.69, 9.17) is 0 Å². The summed E-state index contributed by atoms with van der Waals surface area (Å²) in [6.07, 6.45) is 5.25. The molecular formula is C20H35N5. The highest BCUT2D eigenvalue weighted by Gasteiger charge is 2.17. The molecule has 0 amide bonds. The minimum Gasteiger partial charge on any atom is -0.378 e. The summed E-state index contributed by atoms with van der Waals surface area (Å²) in [6.45, 7) is 6.53. The maximum Gasteiger partial charge on any atom is 0.191 e. The van der Waals surface area contributed by atoms with Gasteiger partial charge in [-0.2, -0.15) is 0 Å². The predicted molar refractivity (Wildman–Crippen MR) is 108 cm³/mol. The second-order valence-electron chi connectivity index (χ2n) is 7.15. The van der Waals surface area contributed by atoms with E-state index in [9.17, 15) is 0 Å². The minimum absolute atomic E-state index is 0.746. The quantitative estimate of drug-likeness (QED) is 0.453.